The van der Waals surface area contributed by atoms with Crippen molar-refractivity contribution in [3.05, 3.63) is 17.5 Å². The predicted molar refractivity (Wildman–Crippen MR) is 66.4 cm³/mol. The highest BCUT2D eigenvalue weighted by Gasteiger charge is 2.09. The SMILES string of the molecule is CCc1cc(CCCC(O)C(C)C)n(C)n1. The minimum Gasteiger partial charge on any atom is -0.393 e. The van der Waals surface area contributed by atoms with Gasteiger partial charge >= 0.3 is 0 Å². The van der Waals surface area contributed by atoms with E-state index in [1.807, 2.05) is 11.7 Å². The minimum atomic E-state index is -0.168. The van der Waals surface area contributed by atoms with Crippen molar-refractivity contribution in [2.45, 2.75) is 52.6 Å². The van der Waals surface area contributed by atoms with Crippen molar-refractivity contribution >= 4 is 0 Å². The summed E-state index contributed by atoms with van der Waals surface area (Å²) in [4.78, 5) is 0. The van der Waals surface area contributed by atoms with Crippen LogP contribution in [0.3, 0.4) is 0 Å². The monoisotopic (exact) mass is 224 g/mol. The van der Waals surface area contributed by atoms with Gasteiger partial charge in [0.2, 0.25) is 0 Å². The summed E-state index contributed by atoms with van der Waals surface area (Å²) in [6.07, 6.45) is 3.74. The first-order chi connectivity index (χ1) is 7.54. The number of rotatable bonds is 6. The summed E-state index contributed by atoms with van der Waals surface area (Å²) in [6.45, 7) is 6.24. The second-order valence-corrected chi connectivity index (χ2v) is 4.81. The average Bonchev–Trinajstić information content (AvgIpc) is 2.59. The molecule has 0 aliphatic carbocycles. The quantitative estimate of drug-likeness (QED) is 0.805. The molecule has 3 nitrogen and oxygen atoms in total. The lowest BCUT2D eigenvalue weighted by Gasteiger charge is -2.13. The Morgan fingerprint density at radius 3 is 2.62 bits per heavy atom. The van der Waals surface area contributed by atoms with Crippen LogP contribution >= 0.6 is 0 Å². The highest BCUT2D eigenvalue weighted by atomic mass is 16.3. The molecular formula is C13H24N2O. The van der Waals surface area contributed by atoms with Crippen LogP contribution in [0.1, 0.15) is 45.0 Å². The van der Waals surface area contributed by atoms with Crippen LogP contribution in [0.4, 0.5) is 0 Å². The Balaban J connectivity index is 2.39. The summed E-state index contributed by atoms with van der Waals surface area (Å²) >= 11 is 0. The van der Waals surface area contributed by atoms with Crippen molar-refractivity contribution in [1.29, 1.82) is 0 Å². The van der Waals surface area contributed by atoms with Gasteiger partial charge in [-0.25, -0.2) is 0 Å². The molecule has 0 fully saturated rings. The Labute approximate surface area is 98.5 Å². The van der Waals surface area contributed by atoms with Crippen molar-refractivity contribution in [2.24, 2.45) is 13.0 Å². The molecule has 0 bridgehead atoms. The van der Waals surface area contributed by atoms with Gasteiger partial charge in [0.05, 0.1) is 11.8 Å². The Kier molecular flexibility index (Phi) is 5.00. The van der Waals surface area contributed by atoms with E-state index in [0.29, 0.717) is 5.92 Å². The molecule has 1 unspecified atom stereocenters. The second kappa shape index (κ2) is 6.04. The Morgan fingerprint density at radius 1 is 1.44 bits per heavy atom. The smallest absolute Gasteiger partial charge is 0.0624 e. The zero-order valence-corrected chi connectivity index (χ0v) is 10.9. The fourth-order valence-electron chi connectivity index (χ4n) is 1.80. The number of aliphatic hydroxyl groups excluding tert-OH is 1. The molecule has 16 heavy (non-hydrogen) atoms. The van der Waals surface area contributed by atoms with Crippen molar-refractivity contribution in [1.82, 2.24) is 9.78 Å². The molecule has 0 aliphatic heterocycles. The first-order valence-electron chi connectivity index (χ1n) is 6.24. The summed E-state index contributed by atoms with van der Waals surface area (Å²) in [5.74, 6) is 0.359. The molecule has 1 heterocycles. The van der Waals surface area contributed by atoms with Crippen molar-refractivity contribution in [2.75, 3.05) is 0 Å². The Bertz CT molecular complexity index is 318. The summed E-state index contributed by atoms with van der Waals surface area (Å²) in [7, 11) is 1.99. The molecule has 1 rings (SSSR count). The summed E-state index contributed by atoms with van der Waals surface area (Å²) in [5, 5.41) is 14.1. The molecule has 1 N–H and O–H groups in total. The van der Waals surface area contributed by atoms with Crippen molar-refractivity contribution in [3.63, 3.8) is 0 Å². The van der Waals surface area contributed by atoms with Gasteiger partial charge in [-0.3, -0.25) is 4.68 Å². The van der Waals surface area contributed by atoms with E-state index in [9.17, 15) is 5.11 Å². The van der Waals surface area contributed by atoms with Gasteiger partial charge in [-0.2, -0.15) is 5.10 Å². The van der Waals surface area contributed by atoms with E-state index in [2.05, 4.69) is 31.9 Å². The third-order valence-corrected chi connectivity index (χ3v) is 3.09. The van der Waals surface area contributed by atoms with Crippen LogP contribution in [0, 0.1) is 5.92 Å². The first-order valence-corrected chi connectivity index (χ1v) is 6.24. The van der Waals surface area contributed by atoms with E-state index in [4.69, 9.17) is 0 Å². The number of hydrogen-bond donors (Lipinski definition) is 1. The second-order valence-electron chi connectivity index (χ2n) is 4.81. The lowest BCUT2D eigenvalue weighted by atomic mass is 10.0. The molecule has 3 heteroatoms. The molecule has 0 radical (unpaired) electrons. The van der Waals surface area contributed by atoms with Gasteiger partial charge in [0.1, 0.15) is 0 Å². The van der Waals surface area contributed by atoms with Gasteiger partial charge in [0.15, 0.2) is 0 Å². The number of aliphatic hydroxyl groups is 1. The molecule has 0 amide bonds. The first kappa shape index (κ1) is 13.2. The van der Waals surface area contributed by atoms with Gasteiger partial charge in [0.25, 0.3) is 0 Å². The Morgan fingerprint density at radius 2 is 2.12 bits per heavy atom. The van der Waals surface area contributed by atoms with Crippen LogP contribution < -0.4 is 0 Å². The van der Waals surface area contributed by atoms with Crippen molar-refractivity contribution in [3.8, 4) is 0 Å². The molecule has 0 spiro atoms. The number of nitrogens with zero attached hydrogens (tertiary/aromatic N) is 2. The normalized spacial score (nSPS) is 13.4. The van der Waals surface area contributed by atoms with Crippen LogP contribution in [0.2, 0.25) is 0 Å². The molecule has 92 valence electrons. The van der Waals surface area contributed by atoms with E-state index in [1.165, 1.54) is 5.69 Å². The number of hydrogen-bond acceptors (Lipinski definition) is 2. The zero-order chi connectivity index (χ0) is 12.1. The molecule has 1 aromatic heterocycles. The summed E-state index contributed by atoms with van der Waals surface area (Å²) < 4.78 is 1.96. The number of aryl methyl sites for hydroxylation is 3. The lowest BCUT2D eigenvalue weighted by Crippen LogP contribution is -2.14. The maximum absolute atomic E-state index is 9.70. The fourth-order valence-corrected chi connectivity index (χ4v) is 1.80. The van der Waals surface area contributed by atoms with Crippen molar-refractivity contribution < 1.29 is 5.11 Å². The fraction of sp³-hybridized carbons (Fsp3) is 0.769. The highest BCUT2D eigenvalue weighted by molar-refractivity contribution is 5.10. The maximum atomic E-state index is 9.70. The van der Waals surface area contributed by atoms with Gasteiger partial charge in [-0.15, -0.1) is 0 Å². The molecule has 0 saturated heterocycles. The molecule has 0 aromatic carbocycles. The lowest BCUT2D eigenvalue weighted by molar-refractivity contribution is 0.114. The van der Waals surface area contributed by atoms with Crippen LogP contribution in [-0.2, 0) is 19.9 Å². The average molecular weight is 224 g/mol. The van der Waals surface area contributed by atoms with Crippen LogP contribution in [0.15, 0.2) is 6.07 Å². The van der Waals surface area contributed by atoms with E-state index in [1.54, 1.807) is 0 Å². The third-order valence-electron chi connectivity index (χ3n) is 3.09. The summed E-state index contributed by atoms with van der Waals surface area (Å²) in [5.41, 5.74) is 2.43. The predicted octanol–water partition coefficient (Wildman–Crippen LogP) is 2.32. The number of aromatic nitrogens is 2. The maximum Gasteiger partial charge on any atom is 0.0624 e. The van der Waals surface area contributed by atoms with Gasteiger partial charge in [-0.1, -0.05) is 20.8 Å². The Hall–Kier alpha value is -0.830. The third kappa shape index (κ3) is 3.63. The zero-order valence-electron chi connectivity index (χ0n) is 10.9. The molecule has 1 aromatic rings. The van der Waals surface area contributed by atoms with E-state index >= 15 is 0 Å². The largest absolute Gasteiger partial charge is 0.393 e. The van der Waals surface area contributed by atoms with Crippen LogP contribution in [0.5, 0.6) is 0 Å². The van der Waals surface area contributed by atoms with Crippen LogP contribution in [-0.4, -0.2) is 21.0 Å². The van der Waals surface area contributed by atoms with E-state index < -0.39 is 0 Å². The van der Waals surface area contributed by atoms with E-state index in [0.717, 1.165) is 31.4 Å². The molecule has 1 atom stereocenters. The topological polar surface area (TPSA) is 38.0 Å². The summed E-state index contributed by atoms with van der Waals surface area (Å²) in [6, 6.07) is 2.17. The van der Waals surface area contributed by atoms with Crippen LogP contribution in [0.25, 0.3) is 0 Å². The molecule has 0 aliphatic rings. The van der Waals surface area contributed by atoms with E-state index in [-0.39, 0.29) is 6.10 Å². The minimum absolute atomic E-state index is 0.168. The van der Waals surface area contributed by atoms with Gasteiger partial charge in [0, 0.05) is 12.7 Å². The molecule has 0 saturated carbocycles. The standard InChI is InChI=1S/C13H24N2O/c1-5-11-9-12(15(4)14-11)7-6-8-13(16)10(2)3/h9-10,13,16H,5-8H2,1-4H3. The van der Waals surface area contributed by atoms with Gasteiger partial charge in [-0.05, 0) is 37.7 Å². The molecular weight excluding hydrogens is 200 g/mol. The highest BCUT2D eigenvalue weighted by Crippen LogP contribution is 2.12. The van der Waals surface area contributed by atoms with Gasteiger partial charge < -0.3 is 5.11 Å².